The molecule has 1 heterocycles. The largest absolute Gasteiger partial charge is 0.412 e. The van der Waals surface area contributed by atoms with Crippen LogP contribution in [0, 0.1) is 0 Å². The smallest absolute Gasteiger partial charge is 0.187 e. The third-order valence-corrected chi connectivity index (χ3v) is 21.5. The predicted octanol–water partition coefficient (Wildman–Crippen LogP) is 10.2. The van der Waals surface area contributed by atoms with Crippen molar-refractivity contribution in [3.05, 3.63) is 60.7 Å². The minimum Gasteiger partial charge on any atom is -0.412 e. The lowest BCUT2D eigenvalue weighted by Gasteiger charge is -2.45. The molecule has 224 valence electrons. The molecule has 3 unspecified atom stereocenters. The molecule has 0 bridgehead atoms. The Morgan fingerprint density at radius 2 is 1.30 bits per heavy atom. The molecule has 0 radical (unpaired) electrons. The van der Waals surface area contributed by atoms with Gasteiger partial charge in [-0.25, -0.2) is 0 Å². The minimum atomic E-state index is -1.80. The molecule has 3 atom stereocenters. The van der Waals surface area contributed by atoms with Gasteiger partial charge in [0.15, 0.2) is 16.6 Å². The highest BCUT2D eigenvalue weighted by atomic mass is 31.1. The molecule has 3 rings (SSSR count). The molecule has 0 spiro atoms. The maximum atomic E-state index is 7.21. The summed E-state index contributed by atoms with van der Waals surface area (Å²) >= 11 is 0. The van der Waals surface area contributed by atoms with E-state index in [9.17, 15) is 0 Å². The van der Waals surface area contributed by atoms with E-state index in [0.29, 0.717) is 0 Å². The van der Waals surface area contributed by atoms with E-state index >= 15 is 0 Å². The fraction of sp³-hybridized carbons (Fsp3) is 0.647. The maximum absolute atomic E-state index is 7.21. The van der Waals surface area contributed by atoms with Crippen LogP contribution >= 0.6 is 7.92 Å². The van der Waals surface area contributed by atoms with Gasteiger partial charge in [0.05, 0.1) is 19.8 Å². The van der Waals surface area contributed by atoms with Crippen LogP contribution in [-0.2, 0) is 8.85 Å². The molecule has 1 saturated heterocycles. The van der Waals surface area contributed by atoms with Crippen LogP contribution in [0.1, 0.15) is 59.3 Å². The van der Waals surface area contributed by atoms with Gasteiger partial charge in [0, 0.05) is 0 Å². The van der Waals surface area contributed by atoms with Crippen LogP contribution in [0.25, 0.3) is 0 Å². The molecule has 1 aliphatic rings. The quantitative estimate of drug-likeness (QED) is 0.207. The van der Waals surface area contributed by atoms with E-state index < -0.39 is 24.7 Å². The summed E-state index contributed by atoms with van der Waals surface area (Å²) in [6.07, 6.45) is 8.92. The lowest BCUT2D eigenvalue weighted by Crippen LogP contribution is -2.53. The SMILES string of the molecule is CCCC1(C)O[Si](C)(C)CCC[Si](C)(CCCP(c2ccccc2)c2ccccc2)CCC[Si](C)(C)OC1CC. The first kappa shape index (κ1) is 33.9. The molecular weight excluding hydrogens is 556 g/mol. The van der Waals surface area contributed by atoms with E-state index in [1.807, 2.05) is 0 Å². The average molecular weight is 615 g/mol. The zero-order valence-corrected chi connectivity index (χ0v) is 31.0. The Bertz CT molecular complexity index is 963. The zero-order valence-electron chi connectivity index (χ0n) is 27.1. The average Bonchev–Trinajstić information content (AvgIpc) is 2.90. The summed E-state index contributed by atoms with van der Waals surface area (Å²) in [6.45, 7) is 19.6. The van der Waals surface area contributed by atoms with E-state index in [1.165, 1.54) is 66.3 Å². The summed E-state index contributed by atoms with van der Waals surface area (Å²) in [7, 11) is -5.21. The van der Waals surface area contributed by atoms with Crippen LogP contribution in [-0.4, -0.2) is 42.6 Å². The third kappa shape index (κ3) is 10.3. The third-order valence-electron chi connectivity index (χ3n) is 9.19. The van der Waals surface area contributed by atoms with E-state index in [0.717, 1.165) is 19.3 Å². The highest BCUT2D eigenvalue weighted by molar-refractivity contribution is 7.73. The number of hydrogen-bond acceptors (Lipinski definition) is 2. The van der Waals surface area contributed by atoms with Gasteiger partial charge in [-0.2, -0.15) is 0 Å². The second-order valence-electron chi connectivity index (χ2n) is 14.1. The van der Waals surface area contributed by atoms with Crippen molar-refractivity contribution >= 4 is 43.2 Å². The van der Waals surface area contributed by atoms with Crippen molar-refractivity contribution in [3.8, 4) is 0 Å². The molecule has 2 nitrogen and oxygen atoms in total. The molecule has 0 N–H and O–H groups in total. The van der Waals surface area contributed by atoms with Crippen molar-refractivity contribution in [1.29, 1.82) is 0 Å². The Kier molecular flexibility index (Phi) is 12.9. The number of hydrogen-bond donors (Lipinski definition) is 0. The van der Waals surface area contributed by atoms with Gasteiger partial charge in [0.25, 0.3) is 0 Å². The zero-order chi connectivity index (χ0) is 29.3. The number of benzene rings is 2. The molecule has 2 aromatic rings. The standard InChI is InChI=1S/C34H59O2PSi3/c1-9-24-34(3)33(10-2)35-38(4,5)26-18-29-40(8,30-19-27-39(6,7)36-34)28-17-25-37(31-20-13-11-14-21-31)32-22-15-12-16-23-32/h11-16,20-23,33H,9-10,17-19,24-30H2,1-8H3. The lowest BCUT2D eigenvalue weighted by molar-refractivity contribution is -0.0465. The lowest BCUT2D eigenvalue weighted by atomic mass is 9.92. The molecule has 2 aromatic carbocycles. The molecule has 0 aliphatic carbocycles. The molecule has 40 heavy (non-hydrogen) atoms. The van der Waals surface area contributed by atoms with Gasteiger partial charge in [-0.3, -0.25) is 0 Å². The summed E-state index contributed by atoms with van der Waals surface area (Å²) in [6, 6.07) is 29.5. The molecule has 0 saturated carbocycles. The topological polar surface area (TPSA) is 18.5 Å². The van der Waals surface area contributed by atoms with E-state index in [4.69, 9.17) is 8.85 Å². The van der Waals surface area contributed by atoms with Gasteiger partial charge < -0.3 is 8.85 Å². The second-order valence-corrected chi connectivity index (χ2v) is 30.1. The van der Waals surface area contributed by atoms with Crippen LogP contribution in [0.2, 0.25) is 63.0 Å². The molecule has 0 aromatic heterocycles. The summed E-state index contributed by atoms with van der Waals surface area (Å²) in [5.74, 6) is 0. The fourth-order valence-corrected chi connectivity index (χ4v) is 19.2. The van der Waals surface area contributed by atoms with Crippen LogP contribution < -0.4 is 10.6 Å². The van der Waals surface area contributed by atoms with Crippen LogP contribution in [0.5, 0.6) is 0 Å². The fourth-order valence-electron chi connectivity index (χ4n) is 7.08. The molecule has 1 fully saturated rings. The maximum Gasteiger partial charge on any atom is 0.187 e. The van der Waals surface area contributed by atoms with E-state index in [2.05, 4.69) is 114 Å². The van der Waals surface area contributed by atoms with Crippen molar-refractivity contribution in [2.75, 3.05) is 6.16 Å². The van der Waals surface area contributed by atoms with E-state index in [-0.39, 0.29) is 19.6 Å². The normalized spacial score (nSPS) is 27.9. The molecule has 1 aliphatic heterocycles. The Balaban J connectivity index is 1.75. The van der Waals surface area contributed by atoms with Crippen molar-refractivity contribution in [3.63, 3.8) is 0 Å². The van der Waals surface area contributed by atoms with Crippen LogP contribution in [0.4, 0.5) is 0 Å². The minimum absolute atomic E-state index is 0.148. The first-order chi connectivity index (χ1) is 18.9. The summed E-state index contributed by atoms with van der Waals surface area (Å²) in [4.78, 5) is 0. The summed E-state index contributed by atoms with van der Waals surface area (Å²) < 4.78 is 14.3. The van der Waals surface area contributed by atoms with Crippen LogP contribution in [0.15, 0.2) is 60.7 Å². The van der Waals surface area contributed by atoms with Crippen molar-refractivity contribution in [2.24, 2.45) is 0 Å². The van der Waals surface area contributed by atoms with Crippen molar-refractivity contribution in [1.82, 2.24) is 0 Å². The van der Waals surface area contributed by atoms with Gasteiger partial charge in [-0.05, 0) is 82.7 Å². The first-order valence-electron chi connectivity index (χ1n) is 16.2. The first-order valence-corrected chi connectivity index (χ1v) is 27.0. The van der Waals surface area contributed by atoms with Gasteiger partial charge in [-0.1, -0.05) is 125 Å². The predicted molar refractivity (Wildman–Crippen MR) is 188 cm³/mol. The Morgan fingerprint density at radius 3 is 1.80 bits per heavy atom. The van der Waals surface area contributed by atoms with Crippen molar-refractivity contribution in [2.45, 2.75) is 134 Å². The monoisotopic (exact) mass is 614 g/mol. The molecule has 0 amide bonds. The summed E-state index contributed by atoms with van der Waals surface area (Å²) in [5.41, 5.74) is -0.148. The number of rotatable bonds is 9. The Labute approximate surface area is 252 Å². The summed E-state index contributed by atoms with van der Waals surface area (Å²) in [5, 5.41) is 3.06. The highest BCUT2D eigenvalue weighted by Crippen LogP contribution is 2.40. The molecule has 6 heteroatoms. The molecular formula is C34H59O2PSi3. The Morgan fingerprint density at radius 1 is 0.775 bits per heavy atom. The van der Waals surface area contributed by atoms with E-state index in [1.54, 1.807) is 0 Å². The van der Waals surface area contributed by atoms with Gasteiger partial charge >= 0.3 is 0 Å². The van der Waals surface area contributed by atoms with Gasteiger partial charge in [0.1, 0.15) is 0 Å². The highest BCUT2D eigenvalue weighted by Gasteiger charge is 2.43. The second kappa shape index (κ2) is 15.3. The van der Waals surface area contributed by atoms with Crippen molar-refractivity contribution < 1.29 is 8.85 Å². The van der Waals surface area contributed by atoms with Gasteiger partial charge in [0.2, 0.25) is 0 Å². The van der Waals surface area contributed by atoms with Crippen LogP contribution in [0.3, 0.4) is 0 Å². The van der Waals surface area contributed by atoms with Gasteiger partial charge in [-0.15, -0.1) is 0 Å². The Hall–Kier alpha value is -0.559.